The summed E-state index contributed by atoms with van der Waals surface area (Å²) >= 11 is 5.86. The summed E-state index contributed by atoms with van der Waals surface area (Å²) in [5.74, 6) is -0.438. The van der Waals surface area contributed by atoms with Gasteiger partial charge in [0.15, 0.2) is 0 Å². The van der Waals surface area contributed by atoms with E-state index in [0.29, 0.717) is 11.3 Å². The average molecular weight is 336 g/mol. The topological polar surface area (TPSA) is 117 Å². The van der Waals surface area contributed by atoms with Crippen LogP contribution in [0.5, 0.6) is 0 Å². The number of carboxylic acid groups (broad SMARTS) is 1. The van der Waals surface area contributed by atoms with Gasteiger partial charge in [-0.25, -0.2) is 9.78 Å². The van der Waals surface area contributed by atoms with Crippen molar-refractivity contribution in [2.45, 2.75) is 20.0 Å². The van der Waals surface area contributed by atoms with Crippen molar-refractivity contribution in [3.05, 3.63) is 52.3 Å². The lowest BCUT2D eigenvalue weighted by Crippen LogP contribution is -2.25. The summed E-state index contributed by atoms with van der Waals surface area (Å²) in [7, 11) is 0. The zero-order chi connectivity index (χ0) is 16.8. The van der Waals surface area contributed by atoms with Gasteiger partial charge in [-0.3, -0.25) is 14.8 Å². The van der Waals surface area contributed by atoms with Crippen LogP contribution in [-0.4, -0.2) is 32.1 Å². The lowest BCUT2D eigenvalue weighted by atomic mass is 10.2. The number of carbonyl (C=O) groups is 2. The van der Waals surface area contributed by atoms with Gasteiger partial charge in [0.25, 0.3) is 5.91 Å². The van der Waals surface area contributed by atoms with Crippen molar-refractivity contribution < 1.29 is 14.7 Å². The Labute approximate surface area is 136 Å². The molecule has 2 rings (SSSR count). The molecule has 0 aliphatic rings. The smallest absolute Gasteiger partial charge is 0.404 e. The summed E-state index contributed by atoms with van der Waals surface area (Å²) < 4.78 is 0. The maximum absolute atomic E-state index is 12.1. The molecule has 8 nitrogen and oxygen atoms in total. The van der Waals surface area contributed by atoms with Crippen LogP contribution < -0.4 is 10.6 Å². The molecule has 0 saturated carbocycles. The third-order valence-electron chi connectivity index (χ3n) is 2.79. The molecule has 23 heavy (non-hydrogen) atoms. The molecule has 0 spiro atoms. The standard InChI is InChI=1S/C14H14ClN5O3/c1-8-4-17-10(6-16-8)7-18-13(21)11-2-9(3-12(15)20-11)5-19-14(22)23/h2-4,6,19H,5,7H2,1H3,(H,18,21)(H,22,23). The fourth-order valence-corrected chi connectivity index (χ4v) is 1.95. The zero-order valence-corrected chi connectivity index (χ0v) is 13.0. The number of nitrogens with one attached hydrogen (secondary N) is 2. The van der Waals surface area contributed by atoms with Gasteiger partial charge < -0.3 is 15.7 Å². The number of hydrogen-bond donors (Lipinski definition) is 3. The third kappa shape index (κ3) is 5.19. The van der Waals surface area contributed by atoms with Crippen LogP contribution >= 0.6 is 11.6 Å². The lowest BCUT2D eigenvalue weighted by Gasteiger charge is -2.07. The number of pyridine rings is 1. The van der Waals surface area contributed by atoms with Crippen molar-refractivity contribution in [1.82, 2.24) is 25.6 Å². The maximum atomic E-state index is 12.1. The molecule has 0 bridgehead atoms. The number of aryl methyl sites for hydroxylation is 1. The van der Waals surface area contributed by atoms with Crippen LogP contribution in [0.2, 0.25) is 5.15 Å². The largest absolute Gasteiger partial charge is 0.465 e. The van der Waals surface area contributed by atoms with Crippen LogP contribution in [0, 0.1) is 6.92 Å². The van der Waals surface area contributed by atoms with Crippen LogP contribution in [0.25, 0.3) is 0 Å². The lowest BCUT2D eigenvalue weighted by molar-refractivity contribution is 0.0945. The maximum Gasteiger partial charge on any atom is 0.404 e. The predicted octanol–water partition coefficient (Wildman–Crippen LogP) is 1.53. The molecule has 0 atom stereocenters. The highest BCUT2D eigenvalue weighted by Crippen LogP contribution is 2.11. The van der Waals surface area contributed by atoms with E-state index >= 15 is 0 Å². The Hall–Kier alpha value is -2.74. The van der Waals surface area contributed by atoms with Crippen LogP contribution in [-0.2, 0) is 13.1 Å². The summed E-state index contributed by atoms with van der Waals surface area (Å²) in [5.41, 5.74) is 2.03. The van der Waals surface area contributed by atoms with Crippen molar-refractivity contribution in [3.63, 3.8) is 0 Å². The summed E-state index contributed by atoms with van der Waals surface area (Å²) in [6.07, 6.45) is 2.01. The number of amides is 2. The van der Waals surface area contributed by atoms with E-state index in [1.165, 1.54) is 12.1 Å². The Kier molecular flexibility index (Phi) is 5.42. The first kappa shape index (κ1) is 16.6. The number of hydrogen-bond acceptors (Lipinski definition) is 5. The highest BCUT2D eigenvalue weighted by atomic mass is 35.5. The molecule has 2 aromatic heterocycles. The minimum Gasteiger partial charge on any atom is -0.465 e. The molecule has 0 aliphatic carbocycles. The second kappa shape index (κ2) is 7.50. The number of halogens is 1. The predicted molar refractivity (Wildman–Crippen MR) is 82.1 cm³/mol. The molecule has 2 aromatic rings. The van der Waals surface area contributed by atoms with Gasteiger partial charge in [0.1, 0.15) is 10.8 Å². The fourth-order valence-electron chi connectivity index (χ4n) is 1.72. The molecule has 0 aromatic carbocycles. The zero-order valence-electron chi connectivity index (χ0n) is 12.2. The number of nitrogens with zero attached hydrogens (tertiary/aromatic N) is 3. The van der Waals surface area contributed by atoms with E-state index in [1.807, 2.05) is 6.92 Å². The second-order valence-electron chi connectivity index (χ2n) is 4.67. The van der Waals surface area contributed by atoms with Gasteiger partial charge in [0, 0.05) is 12.7 Å². The highest BCUT2D eigenvalue weighted by Gasteiger charge is 2.11. The summed E-state index contributed by atoms with van der Waals surface area (Å²) in [5, 5.41) is 13.6. The molecule has 0 unspecified atom stereocenters. The van der Waals surface area contributed by atoms with Crippen LogP contribution in [0.1, 0.15) is 27.4 Å². The monoisotopic (exact) mass is 335 g/mol. The molecule has 2 amide bonds. The summed E-state index contributed by atoms with van der Waals surface area (Å²) in [6, 6.07) is 2.96. The van der Waals surface area contributed by atoms with Gasteiger partial charge in [-0.15, -0.1) is 0 Å². The Bertz CT molecular complexity index is 721. The quantitative estimate of drug-likeness (QED) is 0.713. The molecule has 0 aliphatic heterocycles. The Balaban J connectivity index is 2.03. The minimum atomic E-state index is -1.16. The Morgan fingerprint density at radius 1 is 1.17 bits per heavy atom. The first-order chi connectivity index (χ1) is 10.9. The van der Waals surface area contributed by atoms with Gasteiger partial charge in [-0.2, -0.15) is 0 Å². The van der Waals surface area contributed by atoms with Crippen molar-refractivity contribution >= 4 is 23.6 Å². The fraction of sp³-hybridized carbons (Fsp3) is 0.214. The number of aromatic nitrogens is 3. The van der Waals surface area contributed by atoms with Gasteiger partial charge in [0.2, 0.25) is 0 Å². The third-order valence-corrected chi connectivity index (χ3v) is 2.99. The van der Waals surface area contributed by atoms with E-state index in [2.05, 4.69) is 25.6 Å². The summed E-state index contributed by atoms with van der Waals surface area (Å²) in [6.45, 7) is 2.04. The van der Waals surface area contributed by atoms with E-state index in [1.54, 1.807) is 12.4 Å². The van der Waals surface area contributed by atoms with E-state index in [4.69, 9.17) is 16.7 Å². The SMILES string of the molecule is Cc1cnc(CNC(=O)c2cc(CNC(=O)O)cc(Cl)n2)cn1. The molecule has 0 saturated heterocycles. The molecule has 0 radical (unpaired) electrons. The molecule has 9 heteroatoms. The van der Waals surface area contributed by atoms with Crippen molar-refractivity contribution in [2.24, 2.45) is 0 Å². The van der Waals surface area contributed by atoms with Crippen molar-refractivity contribution in [2.75, 3.05) is 0 Å². The van der Waals surface area contributed by atoms with E-state index in [9.17, 15) is 9.59 Å². The number of rotatable bonds is 5. The molecule has 0 fully saturated rings. The Morgan fingerprint density at radius 2 is 1.96 bits per heavy atom. The van der Waals surface area contributed by atoms with Crippen LogP contribution in [0.4, 0.5) is 4.79 Å². The average Bonchev–Trinajstić information content (AvgIpc) is 2.51. The molecular formula is C14H14ClN5O3. The van der Waals surface area contributed by atoms with Gasteiger partial charge >= 0.3 is 6.09 Å². The minimum absolute atomic E-state index is 0.0291. The van der Waals surface area contributed by atoms with E-state index < -0.39 is 12.0 Å². The van der Waals surface area contributed by atoms with Crippen molar-refractivity contribution in [1.29, 1.82) is 0 Å². The first-order valence-electron chi connectivity index (χ1n) is 6.63. The van der Waals surface area contributed by atoms with E-state index in [-0.39, 0.29) is 23.9 Å². The van der Waals surface area contributed by atoms with Gasteiger partial charge in [-0.1, -0.05) is 11.6 Å². The molecular weight excluding hydrogens is 322 g/mol. The normalized spacial score (nSPS) is 10.2. The van der Waals surface area contributed by atoms with Gasteiger partial charge in [0.05, 0.1) is 24.1 Å². The molecule has 2 heterocycles. The molecule has 120 valence electrons. The van der Waals surface area contributed by atoms with Crippen molar-refractivity contribution in [3.8, 4) is 0 Å². The second-order valence-corrected chi connectivity index (χ2v) is 5.06. The Morgan fingerprint density at radius 3 is 2.61 bits per heavy atom. The highest BCUT2D eigenvalue weighted by molar-refractivity contribution is 6.29. The van der Waals surface area contributed by atoms with Crippen LogP contribution in [0.3, 0.4) is 0 Å². The van der Waals surface area contributed by atoms with E-state index in [0.717, 1.165) is 5.69 Å². The molecule has 3 N–H and O–H groups in total. The van der Waals surface area contributed by atoms with Crippen LogP contribution in [0.15, 0.2) is 24.5 Å². The van der Waals surface area contributed by atoms with Gasteiger partial charge in [-0.05, 0) is 24.6 Å². The summed E-state index contributed by atoms with van der Waals surface area (Å²) in [4.78, 5) is 34.8. The number of carbonyl (C=O) groups excluding carboxylic acids is 1. The first-order valence-corrected chi connectivity index (χ1v) is 7.01.